The Morgan fingerprint density at radius 1 is 1.22 bits per heavy atom. The summed E-state index contributed by atoms with van der Waals surface area (Å²) in [6.07, 6.45) is 3.95. The number of aliphatic carboxylic acids is 1. The molecule has 3 rings (SSSR count). The lowest BCUT2D eigenvalue weighted by Crippen LogP contribution is -2.58. The molecule has 154 valence electrons. The van der Waals surface area contributed by atoms with Gasteiger partial charge in [0, 0.05) is 44.8 Å². The van der Waals surface area contributed by atoms with Gasteiger partial charge in [0.25, 0.3) is 0 Å². The molecule has 0 aromatic heterocycles. The summed E-state index contributed by atoms with van der Waals surface area (Å²) >= 11 is 0. The number of hydrogen-bond acceptors (Lipinski definition) is 5. The molecule has 0 aromatic carbocycles. The van der Waals surface area contributed by atoms with Gasteiger partial charge in [0.15, 0.2) is 0 Å². The average Bonchev–Trinajstić information content (AvgIpc) is 2.63. The summed E-state index contributed by atoms with van der Waals surface area (Å²) in [7, 11) is 0. The first-order valence-electron chi connectivity index (χ1n) is 10.4. The molecule has 0 unspecified atom stereocenters. The minimum absolute atomic E-state index is 0.0476. The lowest BCUT2D eigenvalue weighted by atomic mass is 9.85. The van der Waals surface area contributed by atoms with Crippen molar-refractivity contribution in [1.82, 2.24) is 20.0 Å². The van der Waals surface area contributed by atoms with Gasteiger partial charge in [-0.1, -0.05) is 6.92 Å². The van der Waals surface area contributed by atoms with Crippen LogP contribution in [0.4, 0.5) is 4.79 Å². The Bertz CT molecular complexity index is 506. The number of likely N-dealkylation sites (tertiary alicyclic amines) is 1. The Morgan fingerprint density at radius 3 is 2.63 bits per heavy atom. The molecule has 2 N–H and O–H groups in total. The molecule has 8 nitrogen and oxygen atoms in total. The zero-order valence-corrected chi connectivity index (χ0v) is 16.4. The van der Waals surface area contributed by atoms with Crippen molar-refractivity contribution in [2.45, 2.75) is 44.7 Å². The summed E-state index contributed by atoms with van der Waals surface area (Å²) in [6.45, 7) is 9.14. The number of nitrogens with zero attached hydrogens (tertiary/aromatic N) is 3. The van der Waals surface area contributed by atoms with E-state index in [0.29, 0.717) is 5.92 Å². The van der Waals surface area contributed by atoms with Crippen LogP contribution in [0.15, 0.2) is 0 Å². The lowest BCUT2D eigenvalue weighted by molar-refractivity contribution is -0.139. The maximum atomic E-state index is 12.6. The predicted molar refractivity (Wildman–Crippen MR) is 102 cm³/mol. The van der Waals surface area contributed by atoms with Crippen LogP contribution in [0.25, 0.3) is 0 Å². The Hall–Kier alpha value is -1.38. The van der Waals surface area contributed by atoms with Gasteiger partial charge < -0.3 is 20.1 Å². The number of carboxylic acids is 1. The van der Waals surface area contributed by atoms with E-state index in [4.69, 9.17) is 9.84 Å². The van der Waals surface area contributed by atoms with E-state index in [0.717, 1.165) is 71.7 Å². The highest BCUT2D eigenvalue weighted by Gasteiger charge is 2.36. The molecule has 2 heterocycles. The van der Waals surface area contributed by atoms with E-state index >= 15 is 0 Å². The standard InChI is InChI=1S/C19H34N4O4/c1-2-22(14-18(24)25)17-10-16(11-17)20-19(26)23-5-3-4-15(13-23)12-21-6-8-27-9-7-21/h15-17H,2-14H2,1H3,(H,20,26)(H,24,25)/t15-,16?,17?/m1/s1. The Morgan fingerprint density at radius 2 is 1.96 bits per heavy atom. The van der Waals surface area contributed by atoms with Crippen LogP contribution in [0.1, 0.15) is 32.6 Å². The number of carbonyl (C=O) groups excluding carboxylic acids is 1. The molecule has 0 aromatic rings. The Kier molecular flexibility index (Phi) is 7.32. The van der Waals surface area contributed by atoms with Crippen LogP contribution in [0.3, 0.4) is 0 Å². The van der Waals surface area contributed by atoms with Crippen LogP contribution in [0.5, 0.6) is 0 Å². The van der Waals surface area contributed by atoms with Crippen molar-refractivity contribution >= 4 is 12.0 Å². The lowest BCUT2D eigenvalue weighted by Gasteiger charge is -2.43. The minimum Gasteiger partial charge on any atom is -0.480 e. The van der Waals surface area contributed by atoms with E-state index < -0.39 is 5.97 Å². The maximum absolute atomic E-state index is 12.6. The first-order chi connectivity index (χ1) is 13.0. The second-order valence-corrected chi connectivity index (χ2v) is 8.10. The van der Waals surface area contributed by atoms with Crippen molar-refractivity contribution in [2.75, 3.05) is 59.0 Å². The van der Waals surface area contributed by atoms with Gasteiger partial charge in [0.1, 0.15) is 0 Å². The number of amides is 2. The highest BCUT2D eigenvalue weighted by atomic mass is 16.5. The fraction of sp³-hybridized carbons (Fsp3) is 0.895. The average molecular weight is 383 g/mol. The van der Waals surface area contributed by atoms with E-state index in [2.05, 4.69) is 10.2 Å². The van der Waals surface area contributed by atoms with Crippen LogP contribution in [-0.4, -0.2) is 103 Å². The normalized spacial score (nSPS) is 29.4. The third-order valence-corrected chi connectivity index (χ3v) is 6.13. The highest BCUT2D eigenvalue weighted by molar-refractivity contribution is 5.74. The van der Waals surface area contributed by atoms with E-state index in [1.807, 2.05) is 16.7 Å². The summed E-state index contributed by atoms with van der Waals surface area (Å²) in [5.74, 6) is -0.244. The molecule has 1 aliphatic carbocycles. The molecule has 1 atom stereocenters. The number of carbonyl (C=O) groups is 2. The molecule has 0 spiro atoms. The smallest absolute Gasteiger partial charge is 0.317 e. The van der Waals surface area contributed by atoms with Gasteiger partial charge >= 0.3 is 12.0 Å². The molecule has 3 aliphatic rings. The van der Waals surface area contributed by atoms with Crippen molar-refractivity contribution in [3.8, 4) is 0 Å². The topological polar surface area (TPSA) is 85.4 Å². The fourth-order valence-corrected chi connectivity index (χ4v) is 4.49. The molecule has 2 aliphatic heterocycles. The Labute approximate surface area is 161 Å². The number of nitrogens with one attached hydrogen (secondary N) is 1. The Balaban J connectivity index is 1.38. The van der Waals surface area contributed by atoms with Crippen LogP contribution in [-0.2, 0) is 9.53 Å². The van der Waals surface area contributed by atoms with Crippen molar-refractivity contribution in [3.63, 3.8) is 0 Å². The fourth-order valence-electron chi connectivity index (χ4n) is 4.49. The monoisotopic (exact) mass is 382 g/mol. The van der Waals surface area contributed by atoms with Crippen LogP contribution in [0.2, 0.25) is 0 Å². The number of hydrogen-bond donors (Lipinski definition) is 2. The first kappa shape index (κ1) is 20.4. The third-order valence-electron chi connectivity index (χ3n) is 6.13. The molecule has 0 bridgehead atoms. The summed E-state index contributed by atoms with van der Waals surface area (Å²) in [6, 6.07) is 0.489. The predicted octanol–water partition coefficient (Wildman–Crippen LogP) is 0.678. The molecule has 0 radical (unpaired) electrons. The van der Waals surface area contributed by atoms with E-state index in [1.165, 1.54) is 6.42 Å². The van der Waals surface area contributed by atoms with Crippen molar-refractivity contribution < 1.29 is 19.4 Å². The first-order valence-corrected chi connectivity index (χ1v) is 10.4. The molecule has 8 heteroatoms. The van der Waals surface area contributed by atoms with Crippen LogP contribution in [0, 0.1) is 5.92 Å². The number of piperidine rings is 1. The van der Waals surface area contributed by atoms with Gasteiger partial charge in [0.2, 0.25) is 0 Å². The van der Waals surface area contributed by atoms with E-state index in [-0.39, 0.29) is 24.7 Å². The number of carboxylic acid groups (broad SMARTS) is 1. The van der Waals surface area contributed by atoms with Crippen molar-refractivity contribution in [3.05, 3.63) is 0 Å². The molecule has 27 heavy (non-hydrogen) atoms. The van der Waals surface area contributed by atoms with Gasteiger partial charge in [-0.3, -0.25) is 14.6 Å². The molecule has 3 fully saturated rings. The molecule has 2 amide bonds. The summed E-state index contributed by atoms with van der Waals surface area (Å²) in [4.78, 5) is 30.0. The van der Waals surface area contributed by atoms with Gasteiger partial charge in [-0.05, 0) is 38.1 Å². The number of urea groups is 1. The largest absolute Gasteiger partial charge is 0.480 e. The van der Waals surface area contributed by atoms with E-state index in [9.17, 15) is 9.59 Å². The number of ether oxygens (including phenoxy) is 1. The van der Waals surface area contributed by atoms with E-state index in [1.54, 1.807) is 0 Å². The summed E-state index contributed by atoms with van der Waals surface area (Å²) < 4.78 is 5.41. The minimum atomic E-state index is -0.788. The van der Waals surface area contributed by atoms with Crippen molar-refractivity contribution in [1.29, 1.82) is 0 Å². The SMILES string of the molecule is CCN(CC(=O)O)C1CC(NC(=O)N2CCC[C@H](CN3CCOCC3)C2)C1. The quantitative estimate of drug-likeness (QED) is 0.674. The number of morpholine rings is 1. The summed E-state index contributed by atoms with van der Waals surface area (Å²) in [5.41, 5.74) is 0. The maximum Gasteiger partial charge on any atom is 0.317 e. The number of likely N-dealkylation sites (N-methyl/N-ethyl adjacent to an activating group) is 1. The molecular weight excluding hydrogens is 348 g/mol. The molecular formula is C19H34N4O4. The van der Waals surface area contributed by atoms with Crippen molar-refractivity contribution in [2.24, 2.45) is 5.92 Å². The zero-order chi connectivity index (χ0) is 19.2. The molecule has 1 saturated carbocycles. The molecule has 2 saturated heterocycles. The highest BCUT2D eigenvalue weighted by Crippen LogP contribution is 2.26. The summed E-state index contributed by atoms with van der Waals surface area (Å²) in [5, 5.41) is 12.1. The van der Waals surface area contributed by atoms with Gasteiger partial charge in [-0.2, -0.15) is 0 Å². The second-order valence-electron chi connectivity index (χ2n) is 8.10. The zero-order valence-electron chi connectivity index (χ0n) is 16.4. The van der Waals surface area contributed by atoms with Gasteiger partial charge in [-0.25, -0.2) is 4.79 Å². The van der Waals surface area contributed by atoms with Crippen LogP contribution >= 0.6 is 0 Å². The number of rotatable bonds is 7. The third kappa shape index (κ3) is 5.80. The van der Waals surface area contributed by atoms with Gasteiger partial charge in [0.05, 0.1) is 19.8 Å². The van der Waals surface area contributed by atoms with Crippen LogP contribution < -0.4 is 5.32 Å². The second kappa shape index (κ2) is 9.71. The van der Waals surface area contributed by atoms with Gasteiger partial charge in [-0.15, -0.1) is 0 Å².